The third-order valence-electron chi connectivity index (χ3n) is 4.03. The van der Waals surface area contributed by atoms with Crippen LogP contribution in [0.4, 0.5) is 4.39 Å². The van der Waals surface area contributed by atoms with Gasteiger partial charge in [0.1, 0.15) is 5.82 Å². The molecule has 2 N–H and O–H groups in total. The number of aryl methyl sites for hydroxylation is 2. The largest absolute Gasteiger partial charge is 0.330 e. The van der Waals surface area contributed by atoms with Gasteiger partial charge < -0.3 is 5.73 Å². The van der Waals surface area contributed by atoms with E-state index in [9.17, 15) is 4.39 Å². The van der Waals surface area contributed by atoms with E-state index < -0.39 is 0 Å². The molecule has 0 bridgehead atoms. The summed E-state index contributed by atoms with van der Waals surface area (Å²) in [5.41, 5.74) is 12.4. The summed E-state index contributed by atoms with van der Waals surface area (Å²) in [4.78, 5) is 0. The van der Waals surface area contributed by atoms with Crippen molar-refractivity contribution in [1.82, 2.24) is 0 Å². The fourth-order valence-electron chi connectivity index (χ4n) is 3.39. The lowest BCUT2D eigenvalue weighted by atomic mass is 9.90. The molecule has 1 nitrogen and oxygen atoms in total. The van der Waals surface area contributed by atoms with Gasteiger partial charge in [-0.15, -0.1) is 0 Å². The first-order valence-electron chi connectivity index (χ1n) is 6.73. The normalized spacial score (nSPS) is 16.3. The molecule has 1 aliphatic rings. The second kappa shape index (κ2) is 4.46. The van der Waals surface area contributed by atoms with Crippen molar-refractivity contribution in [1.29, 1.82) is 0 Å². The Morgan fingerprint density at radius 2 is 2.00 bits per heavy atom. The number of fused-ring (bicyclic) bond motifs is 3. The molecule has 0 saturated carbocycles. The number of hydrogen-bond donors (Lipinski definition) is 1. The molecule has 0 radical (unpaired) electrons. The zero-order valence-corrected chi connectivity index (χ0v) is 11.3. The molecule has 19 heavy (non-hydrogen) atoms. The Hall–Kier alpha value is -1.67. The molecule has 2 aromatic rings. The Morgan fingerprint density at radius 3 is 2.74 bits per heavy atom. The molecule has 0 amide bonds. The molecule has 0 fully saturated rings. The Bertz CT molecular complexity index is 646. The lowest BCUT2D eigenvalue weighted by Crippen LogP contribution is -2.07. The number of hydrogen-bond acceptors (Lipinski definition) is 1. The van der Waals surface area contributed by atoms with Gasteiger partial charge in [-0.1, -0.05) is 29.8 Å². The van der Waals surface area contributed by atoms with Gasteiger partial charge in [0.05, 0.1) is 0 Å². The Labute approximate surface area is 113 Å². The van der Waals surface area contributed by atoms with Crippen molar-refractivity contribution in [2.24, 2.45) is 5.73 Å². The topological polar surface area (TPSA) is 26.0 Å². The van der Waals surface area contributed by atoms with Crippen LogP contribution in [0.3, 0.4) is 0 Å². The Kier molecular flexibility index (Phi) is 2.90. The van der Waals surface area contributed by atoms with Crippen molar-refractivity contribution >= 4 is 0 Å². The minimum Gasteiger partial charge on any atom is -0.330 e. The molecule has 2 aromatic carbocycles. The predicted molar refractivity (Wildman–Crippen MR) is 76.8 cm³/mol. The molecule has 1 aliphatic carbocycles. The highest BCUT2D eigenvalue weighted by atomic mass is 19.1. The monoisotopic (exact) mass is 255 g/mol. The standard InChI is InChI=1S/C17H18FN/c1-10-8-11(2)16-13(6-7-19)12-4-3-5-15(18)17(12)14(16)9-10/h3-5,8-9,13H,6-7,19H2,1-2H3. The molecule has 0 spiro atoms. The molecule has 0 saturated heterocycles. The van der Waals surface area contributed by atoms with Gasteiger partial charge in [0, 0.05) is 11.5 Å². The van der Waals surface area contributed by atoms with Crippen LogP contribution < -0.4 is 5.73 Å². The van der Waals surface area contributed by atoms with Crippen LogP contribution in [0.2, 0.25) is 0 Å². The van der Waals surface area contributed by atoms with Crippen LogP contribution in [-0.2, 0) is 0 Å². The van der Waals surface area contributed by atoms with Crippen molar-refractivity contribution in [2.45, 2.75) is 26.2 Å². The maximum atomic E-state index is 14.2. The zero-order valence-electron chi connectivity index (χ0n) is 11.3. The summed E-state index contributed by atoms with van der Waals surface area (Å²) >= 11 is 0. The summed E-state index contributed by atoms with van der Waals surface area (Å²) in [7, 11) is 0. The Balaban J connectivity index is 2.33. The molecular weight excluding hydrogens is 237 g/mol. The fourth-order valence-corrected chi connectivity index (χ4v) is 3.39. The maximum Gasteiger partial charge on any atom is 0.131 e. The van der Waals surface area contributed by atoms with Crippen LogP contribution in [-0.4, -0.2) is 6.54 Å². The SMILES string of the molecule is Cc1cc(C)c2c(c1)-c1c(F)cccc1C2CCN. The van der Waals surface area contributed by atoms with Gasteiger partial charge in [0.2, 0.25) is 0 Å². The highest BCUT2D eigenvalue weighted by Gasteiger charge is 2.31. The van der Waals surface area contributed by atoms with Crippen LogP contribution in [0, 0.1) is 19.7 Å². The zero-order chi connectivity index (χ0) is 13.6. The van der Waals surface area contributed by atoms with E-state index in [0.29, 0.717) is 6.54 Å². The fraction of sp³-hybridized carbons (Fsp3) is 0.294. The van der Waals surface area contributed by atoms with E-state index in [-0.39, 0.29) is 11.7 Å². The third kappa shape index (κ3) is 1.79. The van der Waals surface area contributed by atoms with E-state index in [4.69, 9.17) is 5.73 Å². The van der Waals surface area contributed by atoms with Gasteiger partial charge in [0.25, 0.3) is 0 Å². The summed E-state index contributed by atoms with van der Waals surface area (Å²) in [6.45, 7) is 4.79. The molecule has 1 unspecified atom stereocenters. The van der Waals surface area contributed by atoms with Gasteiger partial charge >= 0.3 is 0 Å². The van der Waals surface area contributed by atoms with E-state index in [1.807, 2.05) is 6.07 Å². The van der Waals surface area contributed by atoms with E-state index in [1.165, 1.54) is 16.7 Å². The molecule has 0 heterocycles. The van der Waals surface area contributed by atoms with Crippen LogP contribution in [0.1, 0.15) is 34.6 Å². The van der Waals surface area contributed by atoms with Crippen LogP contribution in [0.5, 0.6) is 0 Å². The quantitative estimate of drug-likeness (QED) is 0.865. The van der Waals surface area contributed by atoms with Crippen molar-refractivity contribution in [3.05, 3.63) is 58.4 Å². The lowest BCUT2D eigenvalue weighted by Gasteiger charge is -2.15. The van der Waals surface area contributed by atoms with Crippen LogP contribution >= 0.6 is 0 Å². The van der Waals surface area contributed by atoms with Crippen molar-refractivity contribution < 1.29 is 4.39 Å². The van der Waals surface area contributed by atoms with E-state index in [1.54, 1.807) is 12.1 Å². The molecule has 1 atom stereocenters. The number of benzene rings is 2. The third-order valence-corrected chi connectivity index (χ3v) is 4.03. The minimum absolute atomic E-state index is 0.122. The van der Waals surface area contributed by atoms with E-state index in [2.05, 4.69) is 26.0 Å². The van der Waals surface area contributed by atoms with Crippen LogP contribution in [0.15, 0.2) is 30.3 Å². The van der Waals surface area contributed by atoms with Gasteiger partial charge in [-0.25, -0.2) is 4.39 Å². The molecule has 98 valence electrons. The summed E-state index contributed by atoms with van der Waals surface area (Å²) in [5, 5.41) is 0. The van der Waals surface area contributed by atoms with E-state index >= 15 is 0 Å². The number of nitrogens with two attached hydrogens (primary N) is 1. The molecular formula is C17H18FN. The highest BCUT2D eigenvalue weighted by molar-refractivity contribution is 5.81. The predicted octanol–water partition coefficient (Wildman–Crippen LogP) is 3.90. The number of rotatable bonds is 2. The molecule has 2 heteroatoms. The number of halogens is 1. The van der Waals surface area contributed by atoms with Crippen molar-refractivity contribution in [2.75, 3.05) is 6.54 Å². The lowest BCUT2D eigenvalue weighted by molar-refractivity contribution is 0.629. The second-order valence-electron chi connectivity index (χ2n) is 5.38. The van der Waals surface area contributed by atoms with Gasteiger partial charge in [0.15, 0.2) is 0 Å². The molecule has 0 aliphatic heterocycles. The van der Waals surface area contributed by atoms with Gasteiger partial charge in [-0.05, 0) is 55.1 Å². The van der Waals surface area contributed by atoms with Crippen LogP contribution in [0.25, 0.3) is 11.1 Å². The van der Waals surface area contributed by atoms with E-state index in [0.717, 1.165) is 23.1 Å². The minimum atomic E-state index is -0.122. The second-order valence-corrected chi connectivity index (χ2v) is 5.38. The summed E-state index contributed by atoms with van der Waals surface area (Å²) in [5.74, 6) is 0.120. The Morgan fingerprint density at radius 1 is 1.21 bits per heavy atom. The van der Waals surface area contributed by atoms with Crippen molar-refractivity contribution in [3.63, 3.8) is 0 Å². The molecule has 3 rings (SSSR count). The smallest absolute Gasteiger partial charge is 0.131 e. The average Bonchev–Trinajstić information content (AvgIpc) is 2.66. The van der Waals surface area contributed by atoms with Gasteiger partial charge in [-0.2, -0.15) is 0 Å². The first-order chi connectivity index (χ1) is 9.13. The summed E-state index contributed by atoms with van der Waals surface area (Å²) < 4.78 is 14.2. The summed E-state index contributed by atoms with van der Waals surface area (Å²) in [6.07, 6.45) is 0.868. The first kappa shape index (κ1) is 12.4. The first-order valence-corrected chi connectivity index (χ1v) is 6.73. The van der Waals surface area contributed by atoms with Gasteiger partial charge in [-0.3, -0.25) is 0 Å². The summed E-state index contributed by atoms with van der Waals surface area (Å²) in [6, 6.07) is 9.65. The molecule has 0 aromatic heterocycles. The highest BCUT2D eigenvalue weighted by Crippen LogP contribution is 2.48. The average molecular weight is 255 g/mol. The maximum absolute atomic E-state index is 14.2. The van der Waals surface area contributed by atoms with Crippen molar-refractivity contribution in [3.8, 4) is 11.1 Å².